The average molecular weight is 411 g/mol. The number of anilines is 2. The fourth-order valence-electron chi connectivity index (χ4n) is 2.45. The van der Waals surface area contributed by atoms with Crippen LogP contribution in [-0.2, 0) is 19.6 Å². The van der Waals surface area contributed by atoms with E-state index >= 15 is 0 Å². The number of sulfonamides is 1. The van der Waals surface area contributed by atoms with Crippen molar-refractivity contribution in [1.82, 2.24) is 0 Å². The molecular formula is C18H19ClN2O5S. The number of ether oxygens (including phenoxy) is 1. The molecule has 1 amide bonds. The first-order valence-corrected chi connectivity index (χ1v) is 10.1. The highest BCUT2D eigenvalue weighted by Gasteiger charge is 2.29. The van der Waals surface area contributed by atoms with Crippen LogP contribution >= 0.6 is 11.6 Å². The maximum Gasteiger partial charge on any atom is 0.337 e. The van der Waals surface area contributed by atoms with E-state index in [2.05, 4.69) is 10.1 Å². The van der Waals surface area contributed by atoms with Gasteiger partial charge in [-0.25, -0.2) is 13.2 Å². The third kappa shape index (κ3) is 5.21. The molecule has 2 rings (SSSR count). The average Bonchev–Trinajstić information content (AvgIpc) is 2.62. The molecule has 0 bridgehead atoms. The van der Waals surface area contributed by atoms with Crippen molar-refractivity contribution in [3.8, 4) is 0 Å². The van der Waals surface area contributed by atoms with Gasteiger partial charge in [-0.1, -0.05) is 11.6 Å². The highest BCUT2D eigenvalue weighted by Crippen LogP contribution is 2.23. The van der Waals surface area contributed by atoms with Crippen LogP contribution in [0, 0.1) is 0 Å². The van der Waals surface area contributed by atoms with E-state index in [1.807, 2.05) is 0 Å². The minimum atomic E-state index is -3.72. The van der Waals surface area contributed by atoms with Crippen LogP contribution in [0.15, 0.2) is 48.5 Å². The number of hydrogen-bond donors (Lipinski definition) is 1. The largest absolute Gasteiger partial charge is 0.465 e. The first-order valence-electron chi connectivity index (χ1n) is 7.87. The van der Waals surface area contributed by atoms with Crippen molar-refractivity contribution in [2.24, 2.45) is 0 Å². The summed E-state index contributed by atoms with van der Waals surface area (Å²) in [6.45, 7) is 1.48. The van der Waals surface area contributed by atoms with Gasteiger partial charge in [0, 0.05) is 10.7 Å². The number of carbonyl (C=O) groups excluding carboxylic acids is 2. The van der Waals surface area contributed by atoms with Crippen LogP contribution < -0.4 is 9.62 Å². The Balaban J connectivity index is 2.22. The van der Waals surface area contributed by atoms with Crippen LogP contribution in [-0.4, -0.2) is 39.7 Å². The second-order valence-electron chi connectivity index (χ2n) is 5.77. The summed E-state index contributed by atoms with van der Waals surface area (Å²) >= 11 is 5.85. The Hall–Kier alpha value is -2.58. The van der Waals surface area contributed by atoms with Gasteiger partial charge in [-0.05, 0) is 55.5 Å². The number of amides is 1. The fraction of sp³-hybridized carbons (Fsp3) is 0.222. The van der Waals surface area contributed by atoms with Crippen LogP contribution in [0.4, 0.5) is 11.4 Å². The van der Waals surface area contributed by atoms with Crippen molar-refractivity contribution < 1.29 is 22.7 Å². The molecule has 144 valence electrons. The summed E-state index contributed by atoms with van der Waals surface area (Å²) < 4.78 is 30.1. The molecule has 0 spiro atoms. The quantitative estimate of drug-likeness (QED) is 0.739. The van der Waals surface area contributed by atoms with E-state index in [9.17, 15) is 18.0 Å². The molecular weight excluding hydrogens is 392 g/mol. The first kappa shape index (κ1) is 20.7. The summed E-state index contributed by atoms with van der Waals surface area (Å²) in [6.07, 6.45) is 1.02. The summed E-state index contributed by atoms with van der Waals surface area (Å²) in [7, 11) is -2.45. The van der Waals surface area contributed by atoms with Gasteiger partial charge in [-0.15, -0.1) is 0 Å². The van der Waals surface area contributed by atoms with Gasteiger partial charge in [0.1, 0.15) is 6.04 Å². The topological polar surface area (TPSA) is 92.8 Å². The lowest BCUT2D eigenvalue weighted by Gasteiger charge is -2.28. The second kappa shape index (κ2) is 8.41. The van der Waals surface area contributed by atoms with Crippen molar-refractivity contribution in [2.75, 3.05) is 23.0 Å². The van der Waals surface area contributed by atoms with Crippen LogP contribution in [0.5, 0.6) is 0 Å². The molecule has 9 heteroatoms. The molecule has 2 aromatic rings. The summed E-state index contributed by atoms with van der Waals surface area (Å²) in [5.74, 6) is -1.02. The van der Waals surface area contributed by atoms with Crippen LogP contribution in [0.1, 0.15) is 17.3 Å². The lowest BCUT2D eigenvalue weighted by atomic mass is 10.2. The van der Waals surface area contributed by atoms with E-state index in [1.54, 1.807) is 12.1 Å². The highest BCUT2D eigenvalue weighted by molar-refractivity contribution is 7.92. The molecule has 0 radical (unpaired) electrons. The first-order chi connectivity index (χ1) is 12.6. The lowest BCUT2D eigenvalue weighted by molar-refractivity contribution is -0.116. The molecule has 1 N–H and O–H groups in total. The summed E-state index contributed by atoms with van der Waals surface area (Å²) in [6, 6.07) is 11.2. The number of esters is 1. The van der Waals surface area contributed by atoms with Gasteiger partial charge < -0.3 is 10.1 Å². The third-order valence-electron chi connectivity index (χ3n) is 3.74. The van der Waals surface area contributed by atoms with Gasteiger partial charge in [-0.2, -0.15) is 0 Å². The van der Waals surface area contributed by atoms with Gasteiger partial charge in [0.05, 0.1) is 24.6 Å². The Morgan fingerprint density at radius 2 is 1.63 bits per heavy atom. The SMILES string of the molecule is COC(=O)c1ccc(NC(=O)[C@@H](C)N(c2ccc(Cl)cc2)S(C)(=O)=O)cc1. The van der Waals surface area contributed by atoms with Crippen LogP contribution in [0.3, 0.4) is 0 Å². The normalized spacial score (nSPS) is 12.1. The van der Waals surface area contributed by atoms with Crippen molar-refractivity contribution in [3.05, 3.63) is 59.1 Å². The number of carbonyl (C=O) groups is 2. The molecule has 1 atom stereocenters. The van der Waals surface area contributed by atoms with Crippen molar-refractivity contribution in [2.45, 2.75) is 13.0 Å². The Morgan fingerprint density at radius 3 is 2.11 bits per heavy atom. The minimum Gasteiger partial charge on any atom is -0.465 e. The van der Waals surface area contributed by atoms with E-state index in [4.69, 9.17) is 11.6 Å². The van der Waals surface area contributed by atoms with E-state index in [0.29, 0.717) is 22.0 Å². The molecule has 0 aliphatic heterocycles. The molecule has 0 unspecified atom stereocenters. The van der Waals surface area contributed by atoms with Crippen molar-refractivity contribution in [3.63, 3.8) is 0 Å². The molecule has 27 heavy (non-hydrogen) atoms. The number of halogens is 1. The zero-order chi connectivity index (χ0) is 20.2. The van der Waals surface area contributed by atoms with Gasteiger partial charge >= 0.3 is 5.97 Å². The van der Waals surface area contributed by atoms with E-state index in [1.165, 1.54) is 50.4 Å². The molecule has 0 saturated heterocycles. The van der Waals surface area contributed by atoms with E-state index < -0.39 is 27.9 Å². The standard InChI is InChI=1S/C18H19ClN2O5S/c1-12(21(27(3,24)25)16-10-6-14(19)7-11-16)17(22)20-15-8-4-13(5-9-15)18(23)26-2/h4-12H,1-3H3,(H,20,22)/t12-/m1/s1. The molecule has 0 aliphatic carbocycles. The monoisotopic (exact) mass is 410 g/mol. The number of methoxy groups -OCH3 is 1. The zero-order valence-corrected chi connectivity index (χ0v) is 16.5. The van der Waals surface area contributed by atoms with Gasteiger partial charge in [-0.3, -0.25) is 9.10 Å². The smallest absolute Gasteiger partial charge is 0.337 e. The molecule has 0 aromatic heterocycles. The predicted octanol–water partition coefficient (Wildman–Crippen LogP) is 2.92. The number of rotatable bonds is 6. The van der Waals surface area contributed by atoms with Gasteiger partial charge in [0.25, 0.3) is 0 Å². The van der Waals surface area contributed by atoms with Gasteiger partial charge in [0.2, 0.25) is 15.9 Å². The number of nitrogens with one attached hydrogen (secondary N) is 1. The Bertz CT molecular complexity index is 927. The molecule has 0 saturated carbocycles. The maximum absolute atomic E-state index is 12.6. The molecule has 7 nitrogen and oxygen atoms in total. The fourth-order valence-corrected chi connectivity index (χ4v) is 3.75. The third-order valence-corrected chi connectivity index (χ3v) is 5.24. The summed E-state index contributed by atoms with van der Waals surface area (Å²) in [4.78, 5) is 24.0. The van der Waals surface area contributed by atoms with Crippen molar-refractivity contribution >= 4 is 44.9 Å². The summed E-state index contributed by atoms with van der Waals surface area (Å²) in [5, 5.41) is 3.09. The molecule has 0 fully saturated rings. The van der Waals surface area contributed by atoms with Gasteiger partial charge in [0.15, 0.2) is 0 Å². The minimum absolute atomic E-state index is 0.325. The highest BCUT2D eigenvalue weighted by atomic mass is 35.5. The molecule has 2 aromatic carbocycles. The van der Waals surface area contributed by atoms with E-state index in [-0.39, 0.29) is 0 Å². The van der Waals surface area contributed by atoms with E-state index in [0.717, 1.165) is 10.6 Å². The zero-order valence-electron chi connectivity index (χ0n) is 15.0. The number of nitrogens with zero attached hydrogens (tertiary/aromatic N) is 1. The van der Waals surface area contributed by atoms with Crippen molar-refractivity contribution in [1.29, 1.82) is 0 Å². The second-order valence-corrected chi connectivity index (χ2v) is 8.07. The Labute approximate surface area is 162 Å². The van der Waals surface area contributed by atoms with Crippen LogP contribution in [0.25, 0.3) is 0 Å². The predicted molar refractivity (Wildman–Crippen MR) is 105 cm³/mol. The Kier molecular flexibility index (Phi) is 6.45. The molecule has 0 aliphatic rings. The summed E-state index contributed by atoms with van der Waals surface area (Å²) in [5.41, 5.74) is 1.08. The number of benzene rings is 2. The number of hydrogen-bond acceptors (Lipinski definition) is 5. The lowest BCUT2D eigenvalue weighted by Crippen LogP contribution is -2.45. The molecule has 0 heterocycles. The Morgan fingerprint density at radius 1 is 1.07 bits per heavy atom. The van der Waals surface area contributed by atoms with Crippen LogP contribution in [0.2, 0.25) is 5.02 Å². The maximum atomic E-state index is 12.6.